The molecule has 0 radical (unpaired) electrons. The number of halogens is 2. The van der Waals surface area contributed by atoms with Gasteiger partial charge in [0.2, 0.25) is 0 Å². The summed E-state index contributed by atoms with van der Waals surface area (Å²) in [5.74, 6) is 1.42. The van der Waals surface area contributed by atoms with E-state index in [1.165, 1.54) is 6.07 Å². The summed E-state index contributed by atoms with van der Waals surface area (Å²) in [5, 5.41) is 0. The van der Waals surface area contributed by atoms with Gasteiger partial charge < -0.3 is 10.3 Å². The molecule has 0 saturated heterocycles. The third kappa shape index (κ3) is 2.63. The molecular formula is C15H17BrFN3. The van der Waals surface area contributed by atoms with Crippen molar-refractivity contribution >= 4 is 21.7 Å². The highest BCUT2D eigenvalue weighted by molar-refractivity contribution is 9.10. The first-order chi connectivity index (χ1) is 9.45. The van der Waals surface area contributed by atoms with Crippen molar-refractivity contribution in [2.75, 3.05) is 5.73 Å². The lowest BCUT2D eigenvalue weighted by Gasteiger charge is -2.09. The fourth-order valence-electron chi connectivity index (χ4n) is 2.10. The van der Waals surface area contributed by atoms with Crippen molar-refractivity contribution in [3.8, 4) is 11.3 Å². The normalized spacial score (nSPS) is 11.1. The van der Waals surface area contributed by atoms with Gasteiger partial charge in [-0.25, -0.2) is 9.37 Å². The van der Waals surface area contributed by atoms with Gasteiger partial charge in [-0.05, 0) is 34.1 Å². The molecule has 2 rings (SSSR count). The number of nitrogens with two attached hydrogens (primary N) is 1. The number of nitrogen functional groups attached to an aromatic ring is 1. The summed E-state index contributed by atoms with van der Waals surface area (Å²) in [6, 6.07) is 4.78. The highest BCUT2D eigenvalue weighted by atomic mass is 79.9. The molecule has 0 aliphatic heterocycles. The average Bonchev–Trinajstić information content (AvgIpc) is 2.72. The van der Waals surface area contributed by atoms with Crippen LogP contribution < -0.4 is 5.73 Å². The van der Waals surface area contributed by atoms with Crippen molar-refractivity contribution in [3.05, 3.63) is 47.0 Å². The molecule has 5 heteroatoms. The number of allylic oxidation sites excluding steroid dienone is 1. The minimum atomic E-state index is -0.304. The van der Waals surface area contributed by atoms with Crippen molar-refractivity contribution in [1.29, 1.82) is 0 Å². The van der Waals surface area contributed by atoms with E-state index in [1.807, 2.05) is 4.57 Å². The molecule has 106 valence electrons. The Kier molecular flexibility index (Phi) is 4.28. The van der Waals surface area contributed by atoms with Crippen LogP contribution in [0.3, 0.4) is 0 Å². The Morgan fingerprint density at radius 1 is 1.50 bits per heavy atom. The van der Waals surface area contributed by atoms with Gasteiger partial charge in [-0.1, -0.05) is 19.9 Å². The number of hydrogen-bond donors (Lipinski definition) is 1. The van der Waals surface area contributed by atoms with Gasteiger partial charge in [-0.2, -0.15) is 0 Å². The van der Waals surface area contributed by atoms with Crippen LogP contribution in [0.1, 0.15) is 25.6 Å². The van der Waals surface area contributed by atoms with E-state index in [1.54, 1.807) is 18.2 Å². The van der Waals surface area contributed by atoms with E-state index in [4.69, 9.17) is 5.73 Å². The van der Waals surface area contributed by atoms with Crippen LogP contribution in [-0.2, 0) is 6.54 Å². The predicted molar refractivity (Wildman–Crippen MR) is 84.0 cm³/mol. The van der Waals surface area contributed by atoms with E-state index in [0.29, 0.717) is 22.5 Å². The molecule has 0 bridgehead atoms. The van der Waals surface area contributed by atoms with E-state index < -0.39 is 0 Å². The molecule has 3 nitrogen and oxygen atoms in total. The summed E-state index contributed by atoms with van der Waals surface area (Å²) in [4.78, 5) is 4.62. The van der Waals surface area contributed by atoms with Gasteiger partial charge in [0.15, 0.2) is 0 Å². The van der Waals surface area contributed by atoms with E-state index in [2.05, 4.69) is 41.3 Å². The summed E-state index contributed by atoms with van der Waals surface area (Å²) in [7, 11) is 0. The van der Waals surface area contributed by atoms with Gasteiger partial charge >= 0.3 is 0 Å². The standard InChI is InChI=1S/C15H17BrFN3/c1-4-7-20-14(18)13(19-15(20)9(2)3)10-5-6-12(17)11(16)8-10/h4-6,8-9H,1,7,18H2,2-3H3. The molecule has 1 aromatic carbocycles. The molecule has 2 aromatic rings. The topological polar surface area (TPSA) is 43.8 Å². The zero-order valence-electron chi connectivity index (χ0n) is 11.5. The second-order valence-electron chi connectivity index (χ2n) is 4.89. The highest BCUT2D eigenvalue weighted by Crippen LogP contribution is 2.31. The largest absolute Gasteiger partial charge is 0.383 e. The monoisotopic (exact) mass is 337 g/mol. The summed E-state index contributed by atoms with van der Waals surface area (Å²) in [5.41, 5.74) is 7.66. The molecule has 0 unspecified atom stereocenters. The molecule has 0 fully saturated rings. The zero-order chi connectivity index (χ0) is 14.9. The number of nitrogens with zero attached hydrogens (tertiary/aromatic N) is 2. The van der Waals surface area contributed by atoms with Gasteiger partial charge in [-0.15, -0.1) is 6.58 Å². The SMILES string of the molecule is C=CCn1c(C(C)C)nc(-c2ccc(F)c(Br)c2)c1N. The zero-order valence-corrected chi connectivity index (χ0v) is 13.1. The van der Waals surface area contributed by atoms with Crippen LogP contribution in [0.4, 0.5) is 10.2 Å². The van der Waals surface area contributed by atoms with E-state index in [-0.39, 0.29) is 11.7 Å². The molecule has 0 atom stereocenters. The molecule has 1 heterocycles. The lowest BCUT2D eigenvalue weighted by atomic mass is 10.1. The number of aromatic nitrogens is 2. The Hall–Kier alpha value is -1.62. The summed E-state index contributed by atoms with van der Waals surface area (Å²) in [6.45, 7) is 8.47. The van der Waals surface area contributed by atoms with E-state index >= 15 is 0 Å². The minimum Gasteiger partial charge on any atom is -0.383 e. The van der Waals surface area contributed by atoms with Gasteiger partial charge in [0.25, 0.3) is 0 Å². The molecule has 2 N–H and O–H groups in total. The smallest absolute Gasteiger partial charge is 0.137 e. The number of hydrogen-bond acceptors (Lipinski definition) is 2. The lowest BCUT2D eigenvalue weighted by Crippen LogP contribution is -2.07. The highest BCUT2D eigenvalue weighted by Gasteiger charge is 2.18. The summed E-state index contributed by atoms with van der Waals surface area (Å²) in [6.07, 6.45) is 1.79. The third-order valence-corrected chi connectivity index (χ3v) is 3.67. The predicted octanol–water partition coefficient (Wildman–Crippen LogP) is 4.34. The van der Waals surface area contributed by atoms with Crippen LogP contribution in [0.5, 0.6) is 0 Å². The maximum atomic E-state index is 13.3. The molecule has 0 aliphatic rings. The molecular weight excluding hydrogens is 321 g/mol. The number of rotatable bonds is 4. The van der Waals surface area contributed by atoms with E-state index in [0.717, 1.165) is 11.4 Å². The molecule has 0 spiro atoms. The second kappa shape index (κ2) is 5.79. The van der Waals surface area contributed by atoms with Crippen LogP contribution >= 0.6 is 15.9 Å². The third-order valence-electron chi connectivity index (χ3n) is 3.06. The Balaban J connectivity index is 2.59. The van der Waals surface area contributed by atoms with Crippen LogP contribution in [0.15, 0.2) is 35.3 Å². The summed E-state index contributed by atoms with van der Waals surface area (Å²) < 4.78 is 15.7. The van der Waals surface area contributed by atoms with Crippen molar-refractivity contribution < 1.29 is 4.39 Å². The molecule has 0 saturated carbocycles. The number of anilines is 1. The molecule has 1 aromatic heterocycles. The maximum Gasteiger partial charge on any atom is 0.137 e. The second-order valence-corrected chi connectivity index (χ2v) is 5.74. The number of benzene rings is 1. The average molecular weight is 338 g/mol. The quantitative estimate of drug-likeness (QED) is 0.843. The Morgan fingerprint density at radius 3 is 2.75 bits per heavy atom. The fourth-order valence-corrected chi connectivity index (χ4v) is 2.48. The van der Waals surface area contributed by atoms with Gasteiger partial charge in [0.05, 0.1) is 4.47 Å². The fraction of sp³-hybridized carbons (Fsp3) is 0.267. The minimum absolute atomic E-state index is 0.245. The summed E-state index contributed by atoms with van der Waals surface area (Å²) >= 11 is 3.19. The van der Waals surface area contributed by atoms with Crippen molar-refractivity contribution in [2.24, 2.45) is 0 Å². The molecule has 0 amide bonds. The number of imidazole rings is 1. The van der Waals surface area contributed by atoms with Crippen LogP contribution in [0, 0.1) is 5.82 Å². The Morgan fingerprint density at radius 2 is 2.20 bits per heavy atom. The first-order valence-corrected chi connectivity index (χ1v) is 7.17. The molecule has 0 aliphatic carbocycles. The van der Waals surface area contributed by atoms with Crippen molar-refractivity contribution in [2.45, 2.75) is 26.3 Å². The van der Waals surface area contributed by atoms with Crippen LogP contribution in [-0.4, -0.2) is 9.55 Å². The van der Waals surface area contributed by atoms with Gasteiger partial charge in [-0.3, -0.25) is 0 Å². The first-order valence-electron chi connectivity index (χ1n) is 6.38. The van der Waals surface area contributed by atoms with E-state index in [9.17, 15) is 4.39 Å². The van der Waals surface area contributed by atoms with Gasteiger partial charge in [0.1, 0.15) is 23.2 Å². The first kappa shape index (κ1) is 14.8. The van der Waals surface area contributed by atoms with Crippen molar-refractivity contribution in [3.63, 3.8) is 0 Å². The maximum absolute atomic E-state index is 13.3. The van der Waals surface area contributed by atoms with Crippen LogP contribution in [0.2, 0.25) is 0 Å². The Bertz CT molecular complexity index is 647. The lowest BCUT2D eigenvalue weighted by molar-refractivity contribution is 0.621. The van der Waals surface area contributed by atoms with Crippen molar-refractivity contribution in [1.82, 2.24) is 9.55 Å². The molecule has 20 heavy (non-hydrogen) atoms. The Labute approximate surface area is 126 Å². The van der Waals surface area contributed by atoms with Crippen LogP contribution in [0.25, 0.3) is 11.3 Å². The van der Waals surface area contributed by atoms with Gasteiger partial charge in [0, 0.05) is 18.0 Å².